The molecule has 0 aliphatic carbocycles. The van der Waals surface area contributed by atoms with Gasteiger partial charge in [-0.25, -0.2) is 0 Å². The highest BCUT2D eigenvalue weighted by Gasteiger charge is 2.07. The summed E-state index contributed by atoms with van der Waals surface area (Å²) in [5.74, 6) is 1.79. The molecule has 0 aromatic carbocycles. The Hall–Kier alpha value is 0.310. The molecule has 2 heteroatoms. The van der Waals surface area contributed by atoms with E-state index >= 15 is 0 Å². The van der Waals surface area contributed by atoms with Crippen LogP contribution < -0.4 is 0 Å². The molecule has 0 aliphatic heterocycles. The van der Waals surface area contributed by atoms with Crippen LogP contribution in [0.2, 0.25) is 0 Å². The third-order valence-electron chi connectivity index (χ3n) is 1.54. The van der Waals surface area contributed by atoms with Crippen molar-refractivity contribution in [1.82, 2.24) is 0 Å². The number of thioether (sulfide) groups is 1. The van der Waals surface area contributed by atoms with Crippen molar-refractivity contribution < 1.29 is 0 Å². The number of hydrogen-bond acceptors (Lipinski definition) is 1. The van der Waals surface area contributed by atoms with Gasteiger partial charge in [0.2, 0.25) is 0 Å². The molecule has 0 nitrogen and oxygen atoms in total. The lowest BCUT2D eigenvalue weighted by molar-refractivity contribution is 0.663. The van der Waals surface area contributed by atoms with Crippen molar-refractivity contribution in [2.75, 3.05) is 5.75 Å². The SMILES string of the molecule is C=CC(=C)SC[C@@H](C)C(C)Br. The van der Waals surface area contributed by atoms with Crippen LogP contribution in [-0.2, 0) is 0 Å². The van der Waals surface area contributed by atoms with Crippen molar-refractivity contribution >= 4 is 27.7 Å². The predicted molar refractivity (Wildman–Crippen MR) is 59.3 cm³/mol. The fraction of sp³-hybridized carbons (Fsp3) is 0.556. The van der Waals surface area contributed by atoms with Crippen molar-refractivity contribution in [2.45, 2.75) is 18.7 Å². The fourth-order valence-corrected chi connectivity index (χ4v) is 1.75. The highest BCUT2D eigenvalue weighted by atomic mass is 79.9. The van der Waals surface area contributed by atoms with Gasteiger partial charge in [-0.3, -0.25) is 0 Å². The standard InChI is InChI=1S/C9H15BrS/c1-5-8(3)11-6-7(2)9(4)10/h5,7,9H,1,3,6H2,2,4H3/t7-,9?/m1/s1. The molecule has 0 amide bonds. The summed E-state index contributed by atoms with van der Waals surface area (Å²) in [6.45, 7) is 11.9. The Morgan fingerprint density at radius 3 is 2.55 bits per heavy atom. The molecule has 0 fully saturated rings. The maximum atomic E-state index is 3.83. The van der Waals surface area contributed by atoms with Gasteiger partial charge in [-0.2, -0.15) is 0 Å². The Bertz CT molecular complexity index is 140. The van der Waals surface area contributed by atoms with Crippen molar-refractivity contribution in [3.05, 3.63) is 24.1 Å². The molecule has 0 aromatic heterocycles. The molecule has 0 saturated heterocycles. The van der Waals surface area contributed by atoms with Crippen LogP contribution in [0.3, 0.4) is 0 Å². The maximum absolute atomic E-state index is 3.83. The summed E-state index contributed by atoms with van der Waals surface area (Å²) in [7, 11) is 0. The van der Waals surface area contributed by atoms with Gasteiger partial charge in [-0.15, -0.1) is 11.8 Å². The predicted octanol–water partition coefficient (Wildman–Crippen LogP) is 3.84. The zero-order valence-electron chi connectivity index (χ0n) is 7.14. The normalized spacial score (nSPS) is 15.5. The second-order valence-electron chi connectivity index (χ2n) is 2.64. The summed E-state index contributed by atoms with van der Waals surface area (Å²) in [4.78, 5) is 1.64. The van der Waals surface area contributed by atoms with Crippen LogP contribution in [0, 0.1) is 5.92 Å². The number of rotatable bonds is 5. The van der Waals surface area contributed by atoms with Gasteiger partial charge in [-0.1, -0.05) is 49.0 Å². The van der Waals surface area contributed by atoms with E-state index in [1.807, 2.05) is 0 Å². The van der Waals surface area contributed by atoms with E-state index in [4.69, 9.17) is 0 Å². The molecule has 0 heterocycles. The Morgan fingerprint density at radius 2 is 2.18 bits per heavy atom. The Balaban J connectivity index is 3.53. The summed E-state index contributed by atoms with van der Waals surface area (Å²) in [6, 6.07) is 0. The third kappa shape index (κ3) is 5.57. The average molecular weight is 235 g/mol. The minimum atomic E-state index is 0.576. The van der Waals surface area contributed by atoms with Gasteiger partial charge in [0.15, 0.2) is 0 Å². The first-order valence-corrected chi connectivity index (χ1v) is 5.56. The van der Waals surface area contributed by atoms with Gasteiger partial charge in [0.05, 0.1) is 0 Å². The van der Waals surface area contributed by atoms with Gasteiger partial charge in [0, 0.05) is 10.6 Å². The zero-order chi connectivity index (χ0) is 8.85. The van der Waals surface area contributed by atoms with Gasteiger partial charge < -0.3 is 0 Å². The average Bonchev–Trinajstić information content (AvgIpc) is 1.99. The number of allylic oxidation sites excluding steroid dienone is 1. The first-order valence-electron chi connectivity index (χ1n) is 3.66. The molecule has 0 N–H and O–H groups in total. The van der Waals surface area contributed by atoms with E-state index in [-0.39, 0.29) is 0 Å². The summed E-state index contributed by atoms with van der Waals surface area (Å²) >= 11 is 5.31. The molecular weight excluding hydrogens is 220 g/mol. The molecule has 0 aliphatic rings. The van der Waals surface area contributed by atoms with Gasteiger partial charge >= 0.3 is 0 Å². The monoisotopic (exact) mass is 234 g/mol. The Labute approximate surface area is 82.3 Å². The summed E-state index contributed by atoms with van der Waals surface area (Å²) in [6.07, 6.45) is 1.80. The van der Waals surface area contributed by atoms with Crippen LogP contribution in [0.5, 0.6) is 0 Å². The van der Waals surface area contributed by atoms with Crippen molar-refractivity contribution in [2.24, 2.45) is 5.92 Å². The number of hydrogen-bond donors (Lipinski definition) is 0. The van der Waals surface area contributed by atoms with Crippen molar-refractivity contribution in [1.29, 1.82) is 0 Å². The maximum Gasteiger partial charge on any atom is 0.0151 e. The summed E-state index contributed by atoms with van der Waals surface area (Å²) in [5, 5.41) is 0. The second kappa shape index (κ2) is 5.90. The molecule has 0 rings (SSSR count). The van der Waals surface area contributed by atoms with E-state index in [0.717, 1.165) is 10.7 Å². The first-order chi connectivity index (χ1) is 5.07. The molecule has 0 saturated carbocycles. The Morgan fingerprint density at radius 1 is 1.64 bits per heavy atom. The lowest BCUT2D eigenvalue weighted by Gasteiger charge is -2.12. The van der Waals surface area contributed by atoms with Gasteiger partial charge in [0.25, 0.3) is 0 Å². The third-order valence-corrected chi connectivity index (χ3v) is 3.68. The molecular formula is C9H15BrS. The first kappa shape index (κ1) is 11.3. The smallest absolute Gasteiger partial charge is 0.0151 e. The number of alkyl halides is 1. The minimum absolute atomic E-state index is 0.576. The van der Waals surface area contributed by atoms with Gasteiger partial charge in [-0.05, 0) is 10.8 Å². The van der Waals surface area contributed by atoms with Crippen LogP contribution in [-0.4, -0.2) is 10.6 Å². The molecule has 11 heavy (non-hydrogen) atoms. The lowest BCUT2D eigenvalue weighted by atomic mass is 10.2. The van der Waals surface area contributed by atoms with Crippen LogP contribution in [0.15, 0.2) is 24.1 Å². The van der Waals surface area contributed by atoms with Crippen LogP contribution >= 0.6 is 27.7 Å². The van der Waals surface area contributed by atoms with Crippen molar-refractivity contribution in [3.63, 3.8) is 0 Å². The van der Waals surface area contributed by atoms with E-state index in [9.17, 15) is 0 Å². The molecule has 1 unspecified atom stereocenters. The van der Waals surface area contributed by atoms with Crippen molar-refractivity contribution in [3.8, 4) is 0 Å². The Kier molecular flexibility index (Phi) is 6.06. The fourth-order valence-electron chi connectivity index (χ4n) is 0.430. The summed E-state index contributed by atoms with van der Waals surface area (Å²) < 4.78 is 0. The van der Waals surface area contributed by atoms with Crippen LogP contribution in [0.4, 0.5) is 0 Å². The topological polar surface area (TPSA) is 0 Å². The minimum Gasteiger partial charge on any atom is -0.126 e. The van der Waals surface area contributed by atoms with E-state index in [1.54, 1.807) is 17.8 Å². The van der Waals surface area contributed by atoms with E-state index in [1.165, 1.54) is 0 Å². The van der Waals surface area contributed by atoms with Crippen LogP contribution in [0.25, 0.3) is 0 Å². The second-order valence-corrected chi connectivity index (χ2v) is 5.23. The van der Waals surface area contributed by atoms with E-state index in [2.05, 4.69) is 42.9 Å². The molecule has 2 atom stereocenters. The van der Waals surface area contributed by atoms with Gasteiger partial charge in [0.1, 0.15) is 0 Å². The molecule has 64 valence electrons. The lowest BCUT2D eigenvalue weighted by Crippen LogP contribution is -2.08. The molecule has 0 aromatic rings. The van der Waals surface area contributed by atoms with E-state index in [0.29, 0.717) is 10.7 Å². The molecule has 0 bridgehead atoms. The molecule has 0 radical (unpaired) electrons. The zero-order valence-corrected chi connectivity index (χ0v) is 9.54. The number of halogens is 1. The summed E-state index contributed by atoms with van der Waals surface area (Å²) in [5.41, 5.74) is 0. The van der Waals surface area contributed by atoms with E-state index < -0.39 is 0 Å². The molecule has 0 spiro atoms. The highest BCUT2D eigenvalue weighted by molar-refractivity contribution is 9.09. The largest absolute Gasteiger partial charge is 0.126 e. The van der Waals surface area contributed by atoms with Crippen LogP contribution in [0.1, 0.15) is 13.8 Å². The highest BCUT2D eigenvalue weighted by Crippen LogP contribution is 2.22. The quantitative estimate of drug-likeness (QED) is 0.515.